The molecule has 1 aliphatic carbocycles. The fourth-order valence-electron chi connectivity index (χ4n) is 1.35. The Balaban J connectivity index is 1.96. The maximum absolute atomic E-state index is 4.09. The fourth-order valence-corrected chi connectivity index (χ4v) is 1.35. The average molecular weight is 180 g/mol. The van der Waals surface area contributed by atoms with Gasteiger partial charge < -0.3 is 9.88 Å². The van der Waals surface area contributed by atoms with Gasteiger partial charge in [0.15, 0.2) is 0 Å². The molecule has 13 heavy (non-hydrogen) atoms. The molecule has 0 radical (unpaired) electrons. The third kappa shape index (κ3) is 2.06. The van der Waals surface area contributed by atoms with Crippen LogP contribution in [0.15, 0.2) is 6.33 Å². The summed E-state index contributed by atoms with van der Waals surface area (Å²) in [6, 6.07) is 1.18. The molecule has 0 aromatic carbocycles. The SMILES string of the molecule is CC(C)n1cnnc1CNC1CC1. The van der Waals surface area contributed by atoms with E-state index in [1.165, 1.54) is 12.8 Å². The van der Waals surface area contributed by atoms with Crippen molar-refractivity contribution < 1.29 is 0 Å². The lowest BCUT2D eigenvalue weighted by molar-refractivity contribution is 0.540. The fraction of sp³-hybridized carbons (Fsp3) is 0.778. The van der Waals surface area contributed by atoms with Crippen molar-refractivity contribution in [2.75, 3.05) is 0 Å². The Hall–Kier alpha value is -0.900. The van der Waals surface area contributed by atoms with Crippen LogP contribution in [0.3, 0.4) is 0 Å². The molecule has 1 fully saturated rings. The molecule has 0 bridgehead atoms. The van der Waals surface area contributed by atoms with E-state index in [1.807, 2.05) is 0 Å². The third-order valence-electron chi connectivity index (χ3n) is 2.33. The van der Waals surface area contributed by atoms with Crippen LogP contribution in [0.25, 0.3) is 0 Å². The minimum absolute atomic E-state index is 0.450. The van der Waals surface area contributed by atoms with Crippen LogP contribution >= 0.6 is 0 Å². The Bertz CT molecular complexity index is 275. The van der Waals surface area contributed by atoms with E-state index in [-0.39, 0.29) is 0 Å². The molecule has 1 aliphatic rings. The van der Waals surface area contributed by atoms with Crippen LogP contribution in [-0.4, -0.2) is 20.8 Å². The number of hydrogen-bond acceptors (Lipinski definition) is 3. The maximum atomic E-state index is 4.09. The summed E-state index contributed by atoms with van der Waals surface area (Å²) in [4.78, 5) is 0. The largest absolute Gasteiger partial charge is 0.314 e. The maximum Gasteiger partial charge on any atom is 0.147 e. The summed E-state index contributed by atoms with van der Waals surface area (Å²) in [6.07, 6.45) is 4.43. The molecule has 0 unspecified atom stereocenters. The van der Waals surface area contributed by atoms with Crippen LogP contribution < -0.4 is 5.32 Å². The number of aromatic nitrogens is 3. The van der Waals surface area contributed by atoms with Crippen molar-refractivity contribution >= 4 is 0 Å². The summed E-state index contributed by atoms with van der Waals surface area (Å²) in [7, 11) is 0. The molecule has 0 amide bonds. The molecule has 4 nitrogen and oxygen atoms in total. The van der Waals surface area contributed by atoms with E-state index in [1.54, 1.807) is 6.33 Å². The number of nitrogens with one attached hydrogen (secondary N) is 1. The van der Waals surface area contributed by atoms with Gasteiger partial charge in [-0.2, -0.15) is 0 Å². The van der Waals surface area contributed by atoms with Crippen molar-refractivity contribution in [2.45, 2.75) is 45.3 Å². The second-order valence-electron chi connectivity index (χ2n) is 3.90. The Morgan fingerprint density at radius 2 is 2.38 bits per heavy atom. The van der Waals surface area contributed by atoms with Crippen molar-refractivity contribution in [1.29, 1.82) is 0 Å². The lowest BCUT2D eigenvalue weighted by atomic mass is 10.4. The first-order valence-electron chi connectivity index (χ1n) is 4.89. The molecule has 72 valence electrons. The van der Waals surface area contributed by atoms with Gasteiger partial charge in [-0.05, 0) is 26.7 Å². The summed E-state index contributed by atoms with van der Waals surface area (Å²) in [6.45, 7) is 5.14. The average Bonchev–Trinajstić information content (AvgIpc) is 2.79. The predicted octanol–water partition coefficient (Wildman–Crippen LogP) is 1.11. The van der Waals surface area contributed by atoms with E-state index in [0.717, 1.165) is 18.4 Å². The molecule has 1 aromatic rings. The zero-order valence-electron chi connectivity index (χ0n) is 8.20. The Morgan fingerprint density at radius 3 is 3.00 bits per heavy atom. The first-order chi connectivity index (χ1) is 6.27. The van der Waals surface area contributed by atoms with Gasteiger partial charge in [-0.15, -0.1) is 10.2 Å². The van der Waals surface area contributed by atoms with Gasteiger partial charge in [0.05, 0.1) is 6.54 Å². The molecule has 1 N–H and O–H groups in total. The second kappa shape index (κ2) is 3.46. The highest BCUT2D eigenvalue weighted by atomic mass is 15.3. The number of rotatable bonds is 4. The molecule has 0 aliphatic heterocycles. The van der Waals surface area contributed by atoms with Gasteiger partial charge in [0.25, 0.3) is 0 Å². The van der Waals surface area contributed by atoms with E-state index in [9.17, 15) is 0 Å². The van der Waals surface area contributed by atoms with Crippen molar-refractivity contribution in [3.63, 3.8) is 0 Å². The normalized spacial score (nSPS) is 16.8. The second-order valence-corrected chi connectivity index (χ2v) is 3.90. The van der Waals surface area contributed by atoms with Crippen LogP contribution in [0, 0.1) is 0 Å². The molecule has 4 heteroatoms. The van der Waals surface area contributed by atoms with Gasteiger partial charge in [0, 0.05) is 12.1 Å². The van der Waals surface area contributed by atoms with Crippen molar-refractivity contribution in [3.8, 4) is 0 Å². The van der Waals surface area contributed by atoms with Crippen LogP contribution in [-0.2, 0) is 6.54 Å². The smallest absolute Gasteiger partial charge is 0.147 e. The van der Waals surface area contributed by atoms with Crippen LogP contribution in [0.5, 0.6) is 0 Å². The molecule has 1 heterocycles. The van der Waals surface area contributed by atoms with Gasteiger partial charge in [0.1, 0.15) is 12.2 Å². The molecule has 0 spiro atoms. The van der Waals surface area contributed by atoms with Gasteiger partial charge in [0.2, 0.25) is 0 Å². The summed E-state index contributed by atoms with van der Waals surface area (Å²) >= 11 is 0. The lowest BCUT2D eigenvalue weighted by Crippen LogP contribution is -2.19. The first kappa shape index (κ1) is 8.69. The molecule has 0 saturated heterocycles. The minimum Gasteiger partial charge on any atom is -0.314 e. The summed E-state index contributed by atoms with van der Waals surface area (Å²) in [5.41, 5.74) is 0. The van der Waals surface area contributed by atoms with Gasteiger partial charge in [-0.25, -0.2) is 0 Å². The molecule has 0 atom stereocenters. The third-order valence-corrected chi connectivity index (χ3v) is 2.33. The first-order valence-corrected chi connectivity index (χ1v) is 4.89. The molecular weight excluding hydrogens is 164 g/mol. The highest BCUT2D eigenvalue weighted by Crippen LogP contribution is 2.19. The predicted molar refractivity (Wildman–Crippen MR) is 50.3 cm³/mol. The number of nitrogens with zero attached hydrogens (tertiary/aromatic N) is 3. The van der Waals surface area contributed by atoms with E-state index >= 15 is 0 Å². The van der Waals surface area contributed by atoms with Crippen LogP contribution in [0.4, 0.5) is 0 Å². The molecule has 1 saturated carbocycles. The van der Waals surface area contributed by atoms with Crippen LogP contribution in [0.2, 0.25) is 0 Å². The van der Waals surface area contributed by atoms with Crippen LogP contribution in [0.1, 0.15) is 38.6 Å². The molecule has 1 aromatic heterocycles. The van der Waals surface area contributed by atoms with E-state index < -0.39 is 0 Å². The van der Waals surface area contributed by atoms with Crippen molar-refractivity contribution in [3.05, 3.63) is 12.2 Å². The Morgan fingerprint density at radius 1 is 1.62 bits per heavy atom. The number of hydrogen-bond donors (Lipinski definition) is 1. The Labute approximate surface area is 78.4 Å². The van der Waals surface area contributed by atoms with Gasteiger partial charge in [-0.1, -0.05) is 0 Å². The minimum atomic E-state index is 0.450. The monoisotopic (exact) mass is 180 g/mol. The highest BCUT2D eigenvalue weighted by Gasteiger charge is 2.21. The van der Waals surface area contributed by atoms with E-state index in [0.29, 0.717) is 6.04 Å². The summed E-state index contributed by atoms with van der Waals surface area (Å²) in [5.74, 6) is 1.04. The van der Waals surface area contributed by atoms with Crippen molar-refractivity contribution in [2.24, 2.45) is 0 Å². The summed E-state index contributed by atoms with van der Waals surface area (Å²) in [5, 5.41) is 11.4. The Kier molecular flexibility index (Phi) is 2.31. The molecular formula is C9H16N4. The summed E-state index contributed by atoms with van der Waals surface area (Å²) < 4.78 is 2.11. The quantitative estimate of drug-likeness (QED) is 0.754. The van der Waals surface area contributed by atoms with Gasteiger partial charge >= 0.3 is 0 Å². The zero-order valence-corrected chi connectivity index (χ0v) is 8.20. The van der Waals surface area contributed by atoms with E-state index in [4.69, 9.17) is 0 Å². The standard InChI is InChI=1S/C9H16N4/c1-7(2)13-6-11-12-9(13)5-10-8-3-4-8/h6-8,10H,3-5H2,1-2H3. The zero-order chi connectivity index (χ0) is 9.26. The van der Waals surface area contributed by atoms with Gasteiger partial charge in [-0.3, -0.25) is 0 Å². The highest BCUT2D eigenvalue weighted by molar-refractivity contribution is 4.90. The molecule has 2 rings (SSSR count). The lowest BCUT2D eigenvalue weighted by Gasteiger charge is -2.09. The van der Waals surface area contributed by atoms with E-state index in [2.05, 4.69) is 33.9 Å². The van der Waals surface area contributed by atoms with Crippen molar-refractivity contribution in [1.82, 2.24) is 20.1 Å². The topological polar surface area (TPSA) is 42.7 Å².